The summed E-state index contributed by atoms with van der Waals surface area (Å²) in [6.45, 7) is 6.92. The third kappa shape index (κ3) is 4.23. The SMILES string of the molecule is CCN(CCCN(C)C)c1ncc(CO)c(C)n1. The van der Waals surface area contributed by atoms with Gasteiger partial charge in [0.15, 0.2) is 0 Å². The molecule has 5 heteroatoms. The number of nitrogens with zero attached hydrogens (tertiary/aromatic N) is 4. The Hall–Kier alpha value is -1.20. The van der Waals surface area contributed by atoms with Gasteiger partial charge in [-0.15, -0.1) is 0 Å². The van der Waals surface area contributed by atoms with E-state index in [1.165, 1.54) is 0 Å². The Bertz CT molecular complexity index is 368. The maximum absolute atomic E-state index is 9.11. The van der Waals surface area contributed by atoms with Crippen molar-refractivity contribution in [2.75, 3.05) is 38.6 Å². The van der Waals surface area contributed by atoms with E-state index in [9.17, 15) is 0 Å². The van der Waals surface area contributed by atoms with Crippen LogP contribution in [0.15, 0.2) is 6.20 Å². The van der Waals surface area contributed by atoms with Crippen LogP contribution in [0, 0.1) is 6.92 Å². The molecule has 1 heterocycles. The quantitative estimate of drug-likeness (QED) is 0.786. The van der Waals surface area contributed by atoms with Gasteiger partial charge >= 0.3 is 0 Å². The van der Waals surface area contributed by atoms with Gasteiger partial charge in [-0.2, -0.15) is 0 Å². The second-order valence-corrected chi connectivity index (χ2v) is 4.68. The highest BCUT2D eigenvalue weighted by atomic mass is 16.3. The van der Waals surface area contributed by atoms with Crippen LogP contribution in [0.25, 0.3) is 0 Å². The summed E-state index contributed by atoms with van der Waals surface area (Å²) in [6, 6.07) is 0. The summed E-state index contributed by atoms with van der Waals surface area (Å²) in [7, 11) is 4.15. The predicted octanol–water partition coefficient (Wildman–Crippen LogP) is 1.06. The first kappa shape index (κ1) is 14.9. The molecule has 18 heavy (non-hydrogen) atoms. The monoisotopic (exact) mass is 252 g/mol. The molecule has 0 bridgehead atoms. The molecule has 5 nitrogen and oxygen atoms in total. The normalized spacial score (nSPS) is 11.0. The van der Waals surface area contributed by atoms with E-state index in [-0.39, 0.29) is 6.61 Å². The van der Waals surface area contributed by atoms with Crippen LogP contribution in [-0.2, 0) is 6.61 Å². The van der Waals surface area contributed by atoms with E-state index >= 15 is 0 Å². The number of hydrogen-bond donors (Lipinski definition) is 1. The zero-order chi connectivity index (χ0) is 13.5. The molecule has 0 aromatic carbocycles. The third-order valence-corrected chi connectivity index (χ3v) is 2.94. The predicted molar refractivity (Wildman–Crippen MR) is 73.7 cm³/mol. The topological polar surface area (TPSA) is 52.5 Å². The molecule has 0 aliphatic rings. The van der Waals surface area contributed by atoms with Crippen molar-refractivity contribution in [3.63, 3.8) is 0 Å². The largest absolute Gasteiger partial charge is 0.392 e. The molecule has 0 saturated carbocycles. The first-order chi connectivity index (χ1) is 8.58. The minimum absolute atomic E-state index is 0.00112. The number of anilines is 1. The number of aryl methyl sites for hydroxylation is 1. The summed E-state index contributed by atoms with van der Waals surface area (Å²) in [5.74, 6) is 0.756. The highest BCUT2D eigenvalue weighted by Crippen LogP contribution is 2.11. The van der Waals surface area contributed by atoms with Crippen molar-refractivity contribution >= 4 is 5.95 Å². The lowest BCUT2D eigenvalue weighted by Gasteiger charge is -2.22. The van der Waals surface area contributed by atoms with Gasteiger partial charge in [0.25, 0.3) is 0 Å². The molecule has 0 aliphatic heterocycles. The Morgan fingerprint density at radius 3 is 2.50 bits per heavy atom. The third-order valence-electron chi connectivity index (χ3n) is 2.94. The minimum atomic E-state index is -0.00112. The van der Waals surface area contributed by atoms with Crippen LogP contribution in [0.4, 0.5) is 5.95 Å². The Kier molecular flexibility index (Phi) is 6.01. The summed E-state index contributed by atoms with van der Waals surface area (Å²) < 4.78 is 0. The Labute approximate surface area is 109 Å². The summed E-state index contributed by atoms with van der Waals surface area (Å²) in [6.07, 6.45) is 2.80. The van der Waals surface area contributed by atoms with Gasteiger partial charge in [0.2, 0.25) is 5.95 Å². The van der Waals surface area contributed by atoms with E-state index in [0.717, 1.165) is 43.3 Å². The van der Waals surface area contributed by atoms with Gasteiger partial charge in [0, 0.05) is 30.5 Å². The van der Waals surface area contributed by atoms with Crippen LogP contribution in [0.5, 0.6) is 0 Å². The molecule has 1 aromatic heterocycles. The van der Waals surface area contributed by atoms with Gasteiger partial charge in [-0.3, -0.25) is 0 Å². The summed E-state index contributed by atoms with van der Waals surface area (Å²) in [5.41, 5.74) is 1.65. The molecular formula is C13H24N4O. The number of rotatable bonds is 7. The van der Waals surface area contributed by atoms with Crippen molar-refractivity contribution in [1.82, 2.24) is 14.9 Å². The summed E-state index contributed by atoms with van der Waals surface area (Å²) >= 11 is 0. The Morgan fingerprint density at radius 2 is 2.00 bits per heavy atom. The van der Waals surface area contributed by atoms with E-state index in [4.69, 9.17) is 5.11 Å². The molecule has 0 aliphatic carbocycles. The molecule has 102 valence electrons. The maximum atomic E-state index is 9.11. The second-order valence-electron chi connectivity index (χ2n) is 4.68. The fourth-order valence-corrected chi connectivity index (χ4v) is 1.76. The molecule has 1 aromatic rings. The molecule has 0 amide bonds. The van der Waals surface area contributed by atoms with Crippen molar-refractivity contribution in [2.45, 2.75) is 26.9 Å². The smallest absolute Gasteiger partial charge is 0.225 e. The fourth-order valence-electron chi connectivity index (χ4n) is 1.76. The van der Waals surface area contributed by atoms with Crippen molar-refractivity contribution < 1.29 is 5.11 Å². The molecule has 1 rings (SSSR count). The number of aliphatic hydroxyl groups is 1. The van der Waals surface area contributed by atoms with Crippen molar-refractivity contribution in [3.05, 3.63) is 17.5 Å². The molecule has 0 atom stereocenters. The molecular weight excluding hydrogens is 228 g/mol. The van der Waals surface area contributed by atoms with E-state index < -0.39 is 0 Å². The highest BCUT2D eigenvalue weighted by molar-refractivity contribution is 5.32. The first-order valence-corrected chi connectivity index (χ1v) is 6.41. The average Bonchev–Trinajstić information content (AvgIpc) is 2.34. The Morgan fingerprint density at radius 1 is 1.28 bits per heavy atom. The molecule has 0 spiro atoms. The molecule has 0 radical (unpaired) electrons. The number of aliphatic hydroxyl groups excluding tert-OH is 1. The zero-order valence-corrected chi connectivity index (χ0v) is 11.8. The highest BCUT2D eigenvalue weighted by Gasteiger charge is 2.09. The summed E-state index contributed by atoms with van der Waals surface area (Å²) in [4.78, 5) is 13.1. The standard InChI is InChI=1S/C13H24N4O/c1-5-17(8-6-7-16(3)4)13-14-9-12(10-18)11(2)15-13/h9,18H,5-8,10H2,1-4H3. The van der Waals surface area contributed by atoms with Crippen molar-refractivity contribution in [2.24, 2.45) is 0 Å². The van der Waals surface area contributed by atoms with Gasteiger partial charge in [-0.25, -0.2) is 9.97 Å². The van der Waals surface area contributed by atoms with Gasteiger partial charge < -0.3 is 14.9 Å². The second kappa shape index (κ2) is 7.28. The van der Waals surface area contributed by atoms with Gasteiger partial charge in [0.1, 0.15) is 0 Å². The number of aromatic nitrogens is 2. The van der Waals surface area contributed by atoms with E-state index in [1.807, 2.05) is 6.92 Å². The molecule has 1 N–H and O–H groups in total. The van der Waals surface area contributed by atoms with Crippen LogP contribution in [0.1, 0.15) is 24.6 Å². The van der Waals surface area contributed by atoms with Crippen LogP contribution >= 0.6 is 0 Å². The van der Waals surface area contributed by atoms with Crippen LogP contribution in [0.2, 0.25) is 0 Å². The molecule has 0 saturated heterocycles. The van der Waals surface area contributed by atoms with Gasteiger partial charge in [-0.1, -0.05) is 0 Å². The van der Waals surface area contributed by atoms with Crippen molar-refractivity contribution in [1.29, 1.82) is 0 Å². The lowest BCUT2D eigenvalue weighted by molar-refractivity contribution is 0.280. The maximum Gasteiger partial charge on any atom is 0.225 e. The van der Waals surface area contributed by atoms with E-state index in [2.05, 4.69) is 40.8 Å². The first-order valence-electron chi connectivity index (χ1n) is 6.41. The summed E-state index contributed by atoms with van der Waals surface area (Å²) in [5, 5.41) is 9.11. The average molecular weight is 252 g/mol. The van der Waals surface area contributed by atoms with Crippen molar-refractivity contribution in [3.8, 4) is 0 Å². The van der Waals surface area contributed by atoms with Crippen LogP contribution in [0.3, 0.4) is 0 Å². The molecule has 0 unspecified atom stereocenters. The van der Waals surface area contributed by atoms with Crippen LogP contribution < -0.4 is 4.90 Å². The van der Waals surface area contributed by atoms with Gasteiger partial charge in [-0.05, 0) is 40.9 Å². The minimum Gasteiger partial charge on any atom is -0.392 e. The number of hydrogen-bond acceptors (Lipinski definition) is 5. The lowest BCUT2D eigenvalue weighted by atomic mass is 10.2. The van der Waals surface area contributed by atoms with E-state index in [0.29, 0.717) is 0 Å². The fraction of sp³-hybridized carbons (Fsp3) is 0.692. The molecule has 0 fully saturated rings. The Balaban J connectivity index is 2.67. The van der Waals surface area contributed by atoms with E-state index in [1.54, 1.807) is 6.20 Å². The van der Waals surface area contributed by atoms with Crippen LogP contribution in [-0.4, -0.2) is 53.7 Å². The zero-order valence-electron chi connectivity index (χ0n) is 11.8. The van der Waals surface area contributed by atoms with Gasteiger partial charge in [0.05, 0.1) is 6.61 Å². The lowest BCUT2D eigenvalue weighted by Crippen LogP contribution is -2.28.